The van der Waals surface area contributed by atoms with E-state index in [0.717, 1.165) is 5.56 Å². The quantitative estimate of drug-likeness (QED) is 0.826. The summed E-state index contributed by atoms with van der Waals surface area (Å²) in [6.07, 6.45) is 4.38. The monoisotopic (exact) mass is 346 g/mol. The molecular weight excluding hydrogens is 328 g/mol. The van der Waals surface area contributed by atoms with Crippen LogP contribution in [0.2, 0.25) is 0 Å². The number of carbonyl (C=O) groups is 1. The summed E-state index contributed by atoms with van der Waals surface area (Å²) in [6.45, 7) is 2.98. The molecule has 1 aromatic carbocycles. The third kappa shape index (κ3) is 3.15. The molecule has 1 aromatic heterocycles. The van der Waals surface area contributed by atoms with E-state index in [0.29, 0.717) is 18.0 Å². The zero-order valence-corrected chi connectivity index (χ0v) is 14.1. The summed E-state index contributed by atoms with van der Waals surface area (Å²) >= 11 is 0. The molecule has 0 atom stereocenters. The predicted molar refractivity (Wildman–Crippen MR) is 87.9 cm³/mol. The maximum absolute atomic E-state index is 12.8. The fourth-order valence-corrected chi connectivity index (χ4v) is 4.34. The van der Waals surface area contributed by atoms with Crippen LogP contribution in [-0.2, 0) is 10.0 Å². The van der Waals surface area contributed by atoms with Gasteiger partial charge in [0.2, 0.25) is 10.0 Å². The zero-order valence-electron chi connectivity index (χ0n) is 13.3. The van der Waals surface area contributed by atoms with Crippen LogP contribution in [0.15, 0.2) is 47.8 Å². The SMILES string of the molecule is Cc1ccccc1S(=O)(=O)N1CCN(C(=O)c2cnccn2)CC1. The van der Waals surface area contributed by atoms with Crippen LogP contribution in [-0.4, -0.2) is 59.7 Å². The van der Waals surface area contributed by atoms with Crippen molar-refractivity contribution >= 4 is 15.9 Å². The van der Waals surface area contributed by atoms with Crippen LogP contribution >= 0.6 is 0 Å². The van der Waals surface area contributed by atoms with E-state index in [2.05, 4.69) is 9.97 Å². The summed E-state index contributed by atoms with van der Waals surface area (Å²) in [6, 6.07) is 6.92. The van der Waals surface area contributed by atoms with E-state index < -0.39 is 10.0 Å². The number of hydrogen-bond donors (Lipinski definition) is 0. The highest BCUT2D eigenvalue weighted by molar-refractivity contribution is 7.89. The Morgan fingerprint density at radius 1 is 1.08 bits per heavy atom. The fraction of sp³-hybridized carbons (Fsp3) is 0.312. The van der Waals surface area contributed by atoms with Gasteiger partial charge < -0.3 is 4.90 Å². The minimum Gasteiger partial charge on any atom is -0.335 e. The molecule has 1 saturated heterocycles. The minimum atomic E-state index is -3.54. The smallest absolute Gasteiger partial charge is 0.274 e. The number of benzene rings is 1. The van der Waals surface area contributed by atoms with Crippen LogP contribution in [0.4, 0.5) is 0 Å². The van der Waals surface area contributed by atoms with Gasteiger partial charge in [0.05, 0.1) is 11.1 Å². The van der Waals surface area contributed by atoms with E-state index in [1.807, 2.05) is 6.07 Å². The lowest BCUT2D eigenvalue weighted by Gasteiger charge is -2.34. The fourth-order valence-electron chi connectivity index (χ4n) is 2.69. The van der Waals surface area contributed by atoms with Crippen molar-refractivity contribution in [2.45, 2.75) is 11.8 Å². The highest BCUT2D eigenvalue weighted by atomic mass is 32.2. The summed E-state index contributed by atoms with van der Waals surface area (Å²) in [7, 11) is -3.54. The second kappa shape index (κ2) is 6.66. The molecule has 126 valence electrons. The number of aromatic nitrogens is 2. The second-order valence-corrected chi connectivity index (χ2v) is 7.46. The van der Waals surface area contributed by atoms with Crippen LogP contribution < -0.4 is 0 Å². The first kappa shape index (κ1) is 16.5. The Labute approximate surface area is 141 Å². The first-order valence-corrected chi connectivity index (χ1v) is 9.05. The Morgan fingerprint density at radius 2 is 1.79 bits per heavy atom. The molecule has 1 aliphatic heterocycles. The number of amides is 1. The van der Waals surface area contributed by atoms with Gasteiger partial charge in [-0.3, -0.25) is 9.78 Å². The molecule has 0 spiro atoms. The Hall–Kier alpha value is -2.32. The van der Waals surface area contributed by atoms with Crippen LogP contribution in [0.5, 0.6) is 0 Å². The van der Waals surface area contributed by atoms with Gasteiger partial charge >= 0.3 is 0 Å². The topological polar surface area (TPSA) is 83.5 Å². The van der Waals surface area contributed by atoms with Gasteiger partial charge in [0.25, 0.3) is 5.91 Å². The van der Waals surface area contributed by atoms with Crippen molar-refractivity contribution in [3.05, 3.63) is 54.1 Å². The van der Waals surface area contributed by atoms with Crippen molar-refractivity contribution < 1.29 is 13.2 Å². The molecular formula is C16H18N4O3S. The third-order valence-electron chi connectivity index (χ3n) is 4.02. The minimum absolute atomic E-state index is 0.226. The van der Waals surface area contributed by atoms with E-state index in [-0.39, 0.29) is 24.7 Å². The molecule has 0 radical (unpaired) electrons. The van der Waals surface area contributed by atoms with Crippen molar-refractivity contribution in [3.63, 3.8) is 0 Å². The number of piperazine rings is 1. The van der Waals surface area contributed by atoms with E-state index in [1.165, 1.54) is 22.9 Å². The molecule has 2 heterocycles. The van der Waals surface area contributed by atoms with Gasteiger partial charge in [0, 0.05) is 38.6 Å². The summed E-state index contributed by atoms with van der Waals surface area (Å²) in [4.78, 5) is 22.1. The number of carbonyl (C=O) groups excluding carboxylic acids is 1. The molecule has 1 amide bonds. The molecule has 1 aliphatic rings. The molecule has 0 N–H and O–H groups in total. The number of rotatable bonds is 3. The maximum atomic E-state index is 12.8. The first-order valence-electron chi connectivity index (χ1n) is 7.61. The Morgan fingerprint density at radius 3 is 2.42 bits per heavy atom. The molecule has 0 bridgehead atoms. The average molecular weight is 346 g/mol. The highest BCUT2D eigenvalue weighted by Gasteiger charge is 2.31. The lowest BCUT2D eigenvalue weighted by Crippen LogP contribution is -2.50. The molecule has 0 aliphatic carbocycles. The number of hydrogen-bond acceptors (Lipinski definition) is 5. The van der Waals surface area contributed by atoms with Crippen LogP contribution in [0, 0.1) is 6.92 Å². The Bertz CT molecular complexity index is 831. The lowest BCUT2D eigenvalue weighted by atomic mass is 10.2. The van der Waals surface area contributed by atoms with Gasteiger partial charge in [0.1, 0.15) is 5.69 Å². The van der Waals surface area contributed by atoms with Crippen LogP contribution in [0.1, 0.15) is 16.1 Å². The first-order chi connectivity index (χ1) is 11.5. The maximum Gasteiger partial charge on any atom is 0.274 e. The van der Waals surface area contributed by atoms with Crippen LogP contribution in [0.3, 0.4) is 0 Å². The van der Waals surface area contributed by atoms with E-state index in [1.54, 1.807) is 30.0 Å². The van der Waals surface area contributed by atoms with Gasteiger partial charge in [0.15, 0.2) is 0 Å². The molecule has 0 unspecified atom stereocenters. The predicted octanol–water partition coefficient (Wildman–Crippen LogP) is 0.932. The van der Waals surface area contributed by atoms with Gasteiger partial charge in [-0.25, -0.2) is 13.4 Å². The third-order valence-corrected chi connectivity index (χ3v) is 6.08. The van der Waals surface area contributed by atoms with E-state index >= 15 is 0 Å². The molecule has 3 rings (SSSR count). The van der Waals surface area contributed by atoms with E-state index in [9.17, 15) is 13.2 Å². The van der Waals surface area contributed by atoms with Gasteiger partial charge in [-0.1, -0.05) is 18.2 Å². The van der Waals surface area contributed by atoms with Crippen molar-refractivity contribution in [1.29, 1.82) is 0 Å². The standard InChI is InChI=1S/C16H18N4O3S/c1-13-4-2-3-5-15(13)24(22,23)20-10-8-19(9-11-20)16(21)14-12-17-6-7-18-14/h2-7,12H,8-11H2,1H3. The van der Waals surface area contributed by atoms with Crippen molar-refractivity contribution in [1.82, 2.24) is 19.2 Å². The largest absolute Gasteiger partial charge is 0.335 e. The summed E-state index contributed by atoms with van der Waals surface area (Å²) in [5.74, 6) is -0.226. The Kier molecular flexibility index (Phi) is 4.59. The highest BCUT2D eigenvalue weighted by Crippen LogP contribution is 2.21. The summed E-state index contributed by atoms with van der Waals surface area (Å²) in [5, 5.41) is 0. The summed E-state index contributed by atoms with van der Waals surface area (Å²) in [5.41, 5.74) is 0.989. The number of aryl methyl sites for hydroxylation is 1. The van der Waals surface area contributed by atoms with E-state index in [4.69, 9.17) is 0 Å². The normalized spacial score (nSPS) is 16.1. The molecule has 2 aromatic rings. The van der Waals surface area contributed by atoms with Gasteiger partial charge in [-0.2, -0.15) is 4.31 Å². The summed E-state index contributed by atoms with van der Waals surface area (Å²) < 4.78 is 26.9. The van der Waals surface area contributed by atoms with Gasteiger partial charge in [-0.15, -0.1) is 0 Å². The number of nitrogens with zero attached hydrogens (tertiary/aromatic N) is 4. The average Bonchev–Trinajstić information content (AvgIpc) is 2.62. The van der Waals surface area contributed by atoms with Crippen molar-refractivity contribution in [2.24, 2.45) is 0 Å². The lowest BCUT2D eigenvalue weighted by molar-refractivity contribution is 0.0691. The molecule has 8 heteroatoms. The van der Waals surface area contributed by atoms with Crippen LogP contribution in [0.25, 0.3) is 0 Å². The van der Waals surface area contributed by atoms with Gasteiger partial charge in [-0.05, 0) is 18.6 Å². The zero-order chi connectivity index (χ0) is 17.2. The Balaban J connectivity index is 1.71. The molecule has 7 nitrogen and oxygen atoms in total. The number of sulfonamides is 1. The molecule has 0 saturated carbocycles. The molecule has 1 fully saturated rings. The van der Waals surface area contributed by atoms with Crippen molar-refractivity contribution in [3.8, 4) is 0 Å². The van der Waals surface area contributed by atoms with Crippen molar-refractivity contribution in [2.75, 3.05) is 26.2 Å². The second-order valence-electron chi connectivity index (χ2n) is 5.55. The molecule has 24 heavy (non-hydrogen) atoms.